The molecule has 6 heteroatoms. The van der Waals surface area contributed by atoms with Crippen molar-refractivity contribution in [2.24, 2.45) is 0 Å². The van der Waals surface area contributed by atoms with Crippen LogP contribution in [0.3, 0.4) is 0 Å². The first-order chi connectivity index (χ1) is 8.95. The molecule has 0 saturated carbocycles. The minimum Gasteiger partial charge on any atom is -0.478 e. The summed E-state index contributed by atoms with van der Waals surface area (Å²) in [5.41, 5.74) is 1.28. The molecule has 0 heterocycles. The van der Waals surface area contributed by atoms with E-state index in [4.69, 9.17) is 16.7 Å². The molecule has 0 saturated heterocycles. The zero-order chi connectivity index (χ0) is 14.0. The largest absolute Gasteiger partial charge is 0.478 e. The molecule has 0 aliphatic heterocycles. The molecule has 0 bridgehead atoms. The number of anilines is 2. The predicted octanol–water partition coefficient (Wildman–Crippen LogP) is 4.68. The number of hydrogen-bond donors (Lipinski definition) is 2. The van der Waals surface area contributed by atoms with Gasteiger partial charge in [-0.3, -0.25) is 0 Å². The molecule has 0 aliphatic carbocycles. The van der Waals surface area contributed by atoms with Gasteiger partial charge in [-0.05, 0) is 36.4 Å². The van der Waals surface area contributed by atoms with Crippen molar-refractivity contribution < 1.29 is 14.3 Å². The van der Waals surface area contributed by atoms with Crippen LogP contribution in [0.15, 0.2) is 40.9 Å². The highest BCUT2D eigenvalue weighted by Gasteiger charge is 2.07. The van der Waals surface area contributed by atoms with Crippen LogP contribution in [-0.4, -0.2) is 11.1 Å². The van der Waals surface area contributed by atoms with E-state index in [1.54, 1.807) is 6.07 Å². The Bertz CT molecular complexity index is 649. The Kier molecular flexibility index (Phi) is 4.07. The van der Waals surface area contributed by atoms with Crippen molar-refractivity contribution in [3.8, 4) is 0 Å². The highest BCUT2D eigenvalue weighted by Crippen LogP contribution is 2.25. The molecule has 2 N–H and O–H groups in total. The van der Waals surface area contributed by atoms with E-state index in [0.717, 1.165) is 0 Å². The lowest BCUT2D eigenvalue weighted by atomic mass is 10.2. The standard InChI is InChI=1S/C13H8BrClFNO2/c14-8-3-7(13(18)19)4-10(5-8)17-9-1-2-12(16)11(15)6-9/h1-6,17H,(H,18,19). The van der Waals surface area contributed by atoms with E-state index in [2.05, 4.69) is 21.2 Å². The van der Waals surface area contributed by atoms with E-state index in [0.29, 0.717) is 15.8 Å². The topological polar surface area (TPSA) is 49.3 Å². The number of hydrogen-bond acceptors (Lipinski definition) is 2. The Hall–Kier alpha value is -1.59. The van der Waals surface area contributed by atoms with Gasteiger partial charge < -0.3 is 10.4 Å². The van der Waals surface area contributed by atoms with Crippen molar-refractivity contribution >= 4 is 44.9 Å². The van der Waals surface area contributed by atoms with Crippen LogP contribution in [0.2, 0.25) is 5.02 Å². The second-order valence-corrected chi connectivity index (χ2v) is 5.11. The zero-order valence-electron chi connectivity index (χ0n) is 9.45. The first kappa shape index (κ1) is 13.8. The molecule has 2 aromatic carbocycles. The third-order valence-electron chi connectivity index (χ3n) is 2.35. The minimum absolute atomic E-state index is 0.00143. The van der Waals surface area contributed by atoms with Crippen LogP contribution in [-0.2, 0) is 0 Å². The average Bonchev–Trinajstić information content (AvgIpc) is 2.33. The number of carbonyl (C=O) groups is 1. The number of nitrogens with one attached hydrogen (secondary N) is 1. The maximum Gasteiger partial charge on any atom is 0.335 e. The van der Waals surface area contributed by atoms with Crippen LogP contribution < -0.4 is 5.32 Å². The Balaban J connectivity index is 2.32. The summed E-state index contributed by atoms with van der Waals surface area (Å²) < 4.78 is 13.7. The molecule has 0 atom stereocenters. The minimum atomic E-state index is -1.03. The quantitative estimate of drug-likeness (QED) is 0.849. The van der Waals surface area contributed by atoms with Crippen molar-refractivity contribution in [1.29, 1.82) is 0 Å². The Morgan fingerprint density at radius 2 is 1.95 bits per heavy atom. The van der Waals surface area contributed by atoms with Crippen LogP contribution in [0, 0.1) is 5.82 Å². The van der Waals surface area contributed by atoms with Gasteiger partial charge >= 0.3 is 5.97 Å². The number of benzene rings is 2. The van der Waals surface area contributed by atoms with Crippen molar-refractivity contribution in [2.75, 3.05) is 5.32 Å². The maximum atomic E-state index is 13.0. The summed E-state index contributed by atoms with van der Waals surface area (Å²) in [5.74, 6) is -1.53. The zero-order valence-corrected chi connectivity index (χ0v) is 11.8. The molecule has 0 radical (unpaired) electrons. The third kappa shape index (κ3) is 3.45. The Morgan fingerprint density at radius 1 is 1.21 bits per heavy atom. The van der Waals surface area contributed by atoms with E-state index in [1.807, 2.05) is 0 Å². The van der Waals surface area contributed by atoms with Crippen LogP contribution in [0.4, 0.5) is 15.8 Å². The molecule has 0 aliphatic rings. The van der Waals surface area contributed by atoms with Gasteiger partial charge in [-0.2, -0.15) is 0 Å². The number of rotatable bonds is 3. The highest BCUT2D eigenvalue weighted by molar-refractivity contribution is 9.10. The molecule has 0 spiro atoms. The molecule has 2 rings (SSSR count). The summed E-state index contributed by atoms with van der Waals surface area (Å²) in [6.45, 7) is 0. The molecule has 0 fully saturated rings. The predicted molar refractivity (Wildman–Crippen MR) is 75.8 cm³/mol. The monoisotopic (exact) mass is 343 g/mol. The van der Waals surface area contributed by atoms with Gasteiger partial charge in [0.25, 0.3) is 0 Å². The maximum absolute atomic E-state index is 13.0. The Morgan fingerprint density at radius 3 is 2.58 bits per heavy atom. The smallest absolute Gasteiger partial charge is 0.335 e. The van der Waals surface area contributed by atoms with Gasteiger partial charge in [-0.25, -0.2) is 9.18 Å². The number of halogens is 3. The normalized spacial score (nSPS) is 10.3. The van der Waals surface area contributed by atoms with Gasteiger partial charge in [-0.1, -0.05) is 27.5 Å². The van der Waals surface area contributed by atoms with Gasteiger partial charge in [0.2, 0.25) is 0 Å². The second kappa shape index (κ2) is 5.59. The van der Waals surface area contributed by atoms with Gasteiger partial charge in [0.15, 0.2) is 0 Å². The lowest BCUT2D eigenvalue weighted by molar-refractivity contribution is 0.0697. The molecule has 0 aromatic heterocycles. The molecule has 19 heavy (non-hydrogen) atoms. The van der Waals surface area contributed by atoms with Crippen molar-refractivity contribution in [3.05, 3.63) is 57.3 Å². The van der Waals surface area contributed by atoms with E-state index in [-0.39, 0.29) is 10.6 Å². The highest BCUT2D eigenvalue weighted by atomic mass is 79.9. The molecule has 98 valence electrons. The Labute approximate surface area is 122 Å². The van der Waals surface area contributed by atoms with Gasteiger partial charge in [0.05, 0.1) is 10.6 Å². The van der Waals surface area contributed by atoms with Crippen LogP contribution in [0.25, 0.3) is 0 Å². The first-order valence-corrected chi connectivity index (χ1v) is 6.39. The summed E-state index contributed by atoms with van der Waals surface area (Å²) in [4.78, 5) is 10.9. The number of carboxylic acids is 1. The fourth-order valence-electron chi connectivity index (χ4n) is 1.53. The van der Waals surface area contributed by atoms with E-state index in [9.17, 15) is 9.18 Å². The molecule has 3 nitrogen and oxygen atoms in total. The molecular formula is C13H8BrClFNO2. The van der Waals surface area contributed by atoms with Crippen LogP contribution >= 0.6 is 27.5 Å². The summed E-state index contributed by atoms with van der Waals surface area (Å²) in [6, 6.07) is 8.86. The SMILES string of the molecule is O=C(O)c1cc(Br)cc(Nc2ccc(F)c(Cl)c2)c1. The van der Waals surface area contributed by atoms with Crippen molar-refractivity contribution in [1.82, 2.24) is 0 Å². The fraction of sp³-hybridized carbons (Fsp3) is 0. The van der Waals surface area contributed by atoms with Gasteiger partial charge in [-0.15, -0.1) is 0 Å². The van der Waals surface area contributed by atoms with Crippen molar-refractivity contribution in [3.63, 3.8) is 0 Å². The average molecular weight is 345 g/mol. The molecule has 2 aromatic rings. The second-order valence-electron chi connectivity index (χ2n) is 3.79. The van der Waals surface area contributed by atoms with Gasteiger partial charge in [0, 0.05) is 15.8 Å². The van der Waals surface area contributed by atoms with Crippen molar-refractivity contribution in [2.45, 2.75) is 0 Å². The lowest BCUT2D eigenvalue weighted by Crippen LogP contribution is -1.98. The first-order valence-electron chi connectivity index (χ1n) is 5.21. The molecular weight excluding hydrogens is 337 g/mol. The molecule has 0 amide bonds. The summed E-state index contributed by atoms with van der Waals surface area (Å²) in [5, 5.41) is 11.9. The van der Waals surface area contributed by atoms with E-state index < -0.39 is 11.8 Å². The van der Waals surface area contributed by atoms with Gasteiger partial charge in [0.1, 0.15) is 5.82 Å². The fourth-order valence-corrected chi connectivity index (χ4v) is 2.20. The summed E-state index contributed by atoms with van der Waals surface area (Å²) in [6.07, 6.45) is 0. The summed E-state index contributed by atoms with van der Waals surface area (Å²) >= 11 is 8.91. The number of aromatic carboxylic acids is 1. The van der Waals surface area contributed by atoms with E-state index >= 15 is 0 Å². The third-order valence-corrected chi connectivity index (χ3v) is 3.10. The van der Waals surface area contributed by atoms with Crippen LogP contribution in [0.5, 0.6) is 0 Å². The van der Waals surface area contributed by atoms with E-state index in [1.165, 1.54) is 30.3 Å². The van der Waals surface area contributed by atoms with Crippen LogP contribution in [0.1, 0.15) is 10.4 Å². The number of carboxylic acid groups (broad SMARTS) is 1. The lowest BCUT2D eigenvalue weighted by Gasteiger charge is -2.09. The summed E-state index contributed by atoms with van der Waals surface area (Å²) in [7, 11) is 0. The molecule has 0 unspecified atom stereocenters.